The summed E-state index contributed by atoms with van der Waals surface area (Å²) in [5, 5.41) is 0. The predicted octanol–water partition coefficient (Wildman–Crippen LogP) is 6.65. The van der Waals surface area contributed by atoms with Crippen LogP contribution >= 0.6 is 0 Å². The van der Waals surface area contributed by atoms with E-state index in [1.165, 1.54) is 61.0 Å². The van der Waals surface area contributed by atoms with Crippen LogP contribution in [0.5, 0.6) is 0 Å². The summed E-state index contributed by atoms with van der Waals surface area (Å²) in [5.41, 5.74) is 5.24. The minimum Gasteiger partial charge on any atom is -0.323 e. The highest BCUT2D eigenvalue weighted by Crippen LogP contribution is 2.34. The van der Waals surface area contributed by atoms with Crippen LogP contribution in [0.15, 0.2) is 48.5 Å². The highest BCUT2D eigenvalue weighted by molar-refractivity contribution is 5.76. The Morgan fingerprint density at radius 3 is 2.46 bits per heavy atom. The molecule has 1 heterocycles. The van der Waals surface area contributed by atoms with Gasteiger partial charge in [0.05, 0.1) is 11.0 Å². The zero-order valence-electron chi connectivity index (χ0n) is 16.1. The van der Waals surface area contributed by atoms with Crippen LogP contribution in [-0.4, -0.2) is 9.55 Å². The summed E-state index contributed by atoms with van der Waals surface area (Å²) < 4.78 is 2.48. The average Bonchev–Trinajstić information content (AvgIpc) is 3.07. The second kappa shape index (κ2) is 7.65. The molecule has 1 unspecified atom stereocenters. The molecule has 0 N–H and O–H groups in total. The lowest BCUT2D eigenvalue weighted by molar-refractivity contribution is 0.420. The molecule has 3 aromatic rings. The largest absolute Gasteiger partial charge is 0.323 e. The van der Waals surface area contributed by atoms with Gasteiger partial charge in [0, 0.05) is 12.5 Å². The average molecular weight is 347 g/mol. The molecule has 1 fully saturated rings. The molecule has 1 saturated carbocycles. The summed E-state index contributed by atoms with van der Waals surface area (Å²) in [6.45, 7) is 5.49. The molecule has 0 aliphatic heterocycles. The third-order valence-corrected chi connectivity index (χ3v) is 6.16. The maximum absolute atomic E-state index is 5.05. The molecule has 2 aromatic carbocycles. The van der Waals surface area contributed by atoms with Crippen molar-refractivity contribution in [3.63, 3.8) is 0 Å². The number of benzene rings is 2. The first kappa shape index (κ1) is 17.3. The molecule has 2 nitrogen and oxygen atoms in total. The number of para-hydroxylation sites is 2. The maximum Gasteiger partial charge on any atom is 0.113 e. The van der Waals surface area contributed by atoms with Gasteiger partial charge in [-0.15, -0.1) is 0 Å². The van der Waals surface area contributed by atoms with Crippen molar-refractivity contribution < 1.29 is 0 Å². The van der Waals surface area contributed by atoms with Crippen molar-refractivity contribution in [1.29, 1.82) is 0 Å². The Morgan fingerprint density at radius 1 is 1.00 bits per heavy atom. The Bertz CT molecular complexity index is 854. The van der Waals surface area contributed by atoms with Crippen molar-refractivity contribution in [1.82, 2.24) is 9.55 Å². The highest BCUT2D eigenvalue weighted by Gasteiger charge is 2.22. The number of aromatic nitrogens is 2. The quantitative estimate of drug-likeness (QED) is 0.506. The SMILES string of the molecule is CCC(C)c1ccc(Cn2c(C3CCCCC3)nc3ccccc32)cc1. The maximum atomic E-state index is 5.05. The van der Waals surface area contributed by atoms with Gasteiger partial charge < -0.3 is 4.57 Å². The molecule has 1 aliphatic carbocycles. The van der Waals surface area contributed by atoms with Gasteiger partial charge in [-0.2, -0.15) is 0 Å². The summed E-state index contributed by atoms with van der Waals surface area (Å²) in [5.74, 6) is 2.56. The number of hydrogen-bond acceptors (Lipinski definition) is 1. The smallest absolute Gasteiger partial charge is 0.113 e. The van der Waals surface area contributed by atoms with Crippen molar-refractivity contribution in [3.8, 4) is 0 Å². The van der Waals surface area contributed by atoms with E-state index in [9.17, 15) is 0 Å². The Morgan fingerprint density at radius 2 is 1.73 bits per heavy atom. The Labute approximate surface area is 157 Å². The van der Waals surface area contributed by atoms with E-state index in [1.807, 2.05) is 0 Å². The second-order valence-electron chi connectivity index (χ2n) is 7.93. The van der Waals surface area contributed by atoms with E-state index in [0.29, 0.717) is 11.8 Å². The van der Waals surface area contributed by atoms with Crippen LogP contribution in [0.25, 0.3) is 11.0 Å². The van der Waals surface area contributed by atoms with E-state index >= 15 is 0 Å². The van der Waals surface area contributed by atoms with Crippen LogP contribution in [0.3, 0.4) is 0 Å². The molecule has 4 rings (SSSR count). The van der Waals surface area contributed by atoms with Gasteiger partial charge in [0.1, 0.15) is 5.82 Å². The first-order valence-corrected chi connectivity index (χ1v) is 10.3. The molecular weight excluding hydrogens is 316 g/mol. The summed E-state index contributed by atoms with van der Waals surface area (Å²) >= 11 is 0. The van der Waals surface area contributed by atoms with Crippen LogP contribution in [0.4, 0.5) is 0 Å². The summed E-state index contributed by atoms with van der Waals surface area (Å²) in [6, 6.07) is 17.8. The van der Waals surface area contributed by atoms with Crippen LogP contribution in [-0.2, 0) is 6.54 Å². The molecule has 0 spiro atoms. The summed E-state index contributed by atoms with van der Waals surface area (Å²) in [7, 11) is 0. The first-order chi connectivity index (χ1) is 12.8. The normalized spacial score (nSPS) is 16.8. The van der Waals surface area contributed by atoms with Crippen LogP contribution in [0, 0.1) is 0 Å². The number of nitrogens with zero attached hydrogens (tertiary/aromatic N) is 2. The van der Waals surface area contributed by atoms with Crippen molar-refractivity contribution in [3.05, 3.63) is 65.5 Å². The zero-order valence-corrected chi connectivity index (χ0v) is 16.1. The minimum atomic E-state index is 0.621. The van der Waals surface area contributed by atoms with E-state index in [0.717, 1.165) is 12.1 Å². The molecule has 136 valence electrons. The zero-order chi connectivity index (χ0) is 17.9. The highest BCUT2D eigenvalue weighted by atomic mass is 15.1. The monoisotopic (exact) mass is 346 g/mol. The molecule has 2 heteroatoms. The van der Waals surface area contributed by atoms with Crippen LogP contribution < -0.4 is 0 Å². The molecule has 0 saturated heterocycles. The van der Waals surface area contributed by atoms with Gasteiger partial charge in [-0.25, -0.2) is 4.98 Å². The van der Waals surface area contributed by atoms with Crippen molar-refractivity contribution in [2.75, 3.05) is 0 Å². The molecule has 0 radical (unpaired) electrons. The number of rotatable bonds is 5. The number of hydrogen-bond donors (Lipinski definition) is 0. The minimum absolute atomic E-state index is 0.621. The van der Waals surface area contributed by atoms with Crippen LogP contribution in [0.2, 0.25) is 0 Å². The van der Waals surface area contributed by atoms with Gasteiger partial charge in [-0.3, -0.25) is 0 Å². The van der Waals surface area contributed by atoms with E-state index in [2.05, 4.69) is 66.9 Å². The van der Waals surface area contributed by atoms with Gasteiger partial charge in [-0.05, 0) is 48.4 Å². The van der Waals surface area contributed by atoms with Gasteiger partial charge in [0.15, 0.2) is 0 Å². The van der Waals surface area contributed by atoms with Gasteiger partial charge >= 0.3 is 0 Å². The molecule has 0 bridgehead atoms. The van der Waals surface area contributed by atoms with Gasteiger partial charge in [0.25, 0.3) is 0 Å². The number of fused-ring (bicyclic) bond motifs is 1. The molecule has 1 aromatic heterocycles. The molecule has 1 atom stereocenters. The second-order valence-corrected chi connectivity index (χ2v) is 7.93. The van der Waals surface area contributed by atoms with Crippen LogP contribution in [0.1, 0.15) is 81.2 Å². The van der Waals surface area contributed by atoms with E-state index in [-0.39, 0.29) is 0 Å². The molecule has 26 heavy (non-hydrogen) atoms. The fourth-order valence-electron chi connectivity index (χ4n) is 4.30. The van der Waals surface area contributed by atoms with Gasteiger partial charge in [-0.1, -0.05) is 69.5 Å². The lowest BCUT2D eigenvalue weighted by atomic mass is 9.88. The molecule has 0 amide bonds. The Kier molecular flexibility index (Phi) is 5.10. The fraction of sp³-hybridized carbons (Fsp3) is 0.458. The van der Waals surface area contributed by atoms with E-state index in [4.69, 9.17) is 4.98 Å². The van der Waals surface area contributed by atoms with Crippen molar-refractivity contribution in [2.45, 2.75) is 70.8 Å². The standard InChI is InChI=1S/C24H30N2/c1-3-18(2)20-15-13-19(14-16-20)17-26-23-12-8-7-11-22(23)25-24(26)21-9-5-4-6-10-21/h7-8,11-16,18,21H,3-6,9-10,17H2,1-2H3. The Balaban J connectivity index is 1.68. The van der Waals surface area contributed by atoms with E-state index in [1.54, 1.807) is 0 Å². The first-order valence-electron chi connectivity index (χ1n) is 10.3. The third-order valence-electron chi connectivity index (χ3n) is 6.16. The topological polar surface area (TPSA) is 17.8 Å². The lowest BCUT2D eigenvalue weighted by Gasteiger charge is -2.22. The summed E-state index contributed by atoms with van der Waals surface area (Å²) in [6.07, 6.45) is 7.84. The Hall–Kier alpha value is -2.09. The lowest BCUT2D eigenvalue weighted by Crippen LogP contribution is -2.13. The molecule has 1 aliphatic rings. The summed E-state index contributed by atoms with van der Waals surface area (Å²) in [4.78, 5) is 5.05. The van der Waals surface area contributed by atoms with E-state index < -0.39 is 0 Å². The fourth-order valence-corrected chi connectivity index (χ4v) is 4.30. The number of imidazole rings is 1. The van der Waals surface area contributed by atoms with Crippen molar-refractivity contribution in [2.24, 2.45) is 0 Å². The molecular formula is C24H30N2. The van der Waals surface area contributed by atoms with Crippen molar-refractivity contribution >= 4 is 11.0 Å². The van der Waals surface area contributed by atoms with Gasteiger partial charge in [0.2, 0.25) is 0 Å². The third kappa shape index (κ3) is 3.42. The predicted molar refractivity (Wildman–Crippen MR) is 110 cm³/mol.